The molecule has 0 aromatic heterocycles. The number of carbonyl (C=O) groups excluding carboxylic acids is 1. The topological polar surface area (TPSA) is 46.3 Å². The monoisotopic (exact) mass is 226 g/mol. The van der Waals surface area contributed by atoms with Crippen molar-refractivity contribution < 1.29 is 4.79 Å². The second-order valence-electron chi connectivity index (χ2n) is 6.22. The van der Waals surface area contributed by atoms with E-state index in [2.05, 4.69) is 13.8 Å². The maximum Gasteiger partial charge on any atom is 0.240 e. The fraction of sp³-hybridized carbons (Fsp3) is 0.923. The third-order valence-electron chi connectivity index (χ3n) is 3.65. The SMILES string of the molecule is C[C@@H]1CCC[C@H](C)N1C(=O)C(N)C(C)(C)C. The molecule has 1 fully saturated rings. The van der Waals surface area contributed by atoms with Crippen LogP contribution in [0.2, 0.25) is 0 Å². The van der Waals surface area contributed by atoms with Gasteiger partial charge in [-0.3, -0.25) is 4.79 Å². The largest absolute Gasteiger partial charge is 0.336 e. The number of piperidine rings is 1. The molecule has 0 aliphatic carbocycles. The van der Waals surface area contributed by atoms with Gasteiger partial charge in [0.05, 0.1) is 6.04 Å². The van der Waals surface area contributed by atoms with Gasteiger partial charge in [0.2, 0.25) is 5.91 Å². The first-order valence-corrected chi connectivity index (χ1v) is 6.33. The number of nitrogens with two attached hydrogens (primary N) is 1. The lowest BCUT2D eigenvalue weighted by atomic mass is 9.85. The number of rotatable bonds is 1. The van der Waals surface area contributed by atoms with E-state index in [1.807, 2.05) is 25.7 Å². The molecule has 0 bridgehead atoms. The Balaban J connectivity index is 2.79. The molecule has 3 nitrogen and oxygen atoms in total. The normalized spacial score (nSPS) is 29.0. The molecule has 0 saturated carbocycles. The summed E-state index contributed by atoms with van der Waals surface area (Å²) in [6, 6.07) is 0.282. The second-order valence-corrected chi connectivity index (χ2v) is 6.22. The number of carbonyl (C=O) groups is 1. The van der Waals surface area contributed by atoms with E-state index < -0.39 is 6.04 Å². The first-order chi connectivity index (χ1) is 7.25. The zero-order chi connectivity index (χ0) is 12.5. The molecule has 0 spiro atoms. The van der Waals surface area contributed by atoms with Gasteiger partial charge in [-0.2, -0.15) is 0 Å². The van der Waals surface area contributed by atoms with Crippen LogP contribution in [0.4, 0.5) is 0 Å². The fourth-order valence-corrected chi connectivity index (χ4v) is 2.39. The minimum Gasteiger partial charge on any atom is -0.336 e. The highest BCUT2D eigenvalue weighted by Gasteiger charge is 2.36. The molecule has 16 heavy (non-hydrogen) atoms. The molecule has 1 unspecified atom stereocenters. The predicted molar refractivity (Wildman–Crippen MR) is 67.1 cm³/mol. The Morgan fingerprint density at radius 1 is 1.25 bits per heavy atom. The van der Waals surface area contributed by atoms with Crippen LogP contribution < -0.4 is 5.73 Å². The fourth-order valence-electron chi connectivity index (χ4n) is 2.39. The van der Waals surface area contributed by atoms with Crippen LogP contribution in [-0.4, -0.2) is 28.9 Å². The van der Waals surface area contributed by atoms with Crippen LogP contribution in [0.5, 0.6) is 0 Å². The maximum atomic E-state index is 12.4. The van der Waals surface area contributed by atoms with E-state index in [1.54, 1.807) is 0 Å². The second kappa shape index (κ2) is 4.74. The van der Waals surface area contributed by atoms with Gasteiger partial charge >= 0.3 is 0 Å². The van der Waals surface area contributed by atoms with E-state index in [4.69, 9.17) is 5.73 Å². The van der Waals surface area contributed by atoms with Gasteiger partial charge in [-0.15, -0.1) is 0 Å². The van der Waals surface area contributed by atoms with Crippen LogP contribution in [0.3, 0.4) is 0 Å². The van der Waals surface area contributed by atoms with Crippen LogP contribution in [0.1, 0.15) is 53.9 Å². The van der Waals surface area contributed by atoms with E-state index in [0.29, 0.717) is 12.1 Å². The molecule has 1 rings (SSSR count). The molecule has 3 atom stereocenters. The van der Waals surface area contributed by atoms with Crippen LogP contribution in [-0.2, 0) is 4.79 Å². The molecule has 1 amide bonds. The summed E-state index contributed by atoms with van der Waals surface area (Å²) in [4.78, 5) is 14.4. The summed E-state index contributed by atoms with van der Waals surface area (Å²) in [5.41, 5.74) is 5.90. The number of hydrogen-bond donors (Lipinski definition) is 1. The van der Waals surface area contributed by atoms with Gasteiger partial charge in [0.1, 0.15) is 0 Å². The lowest BCUT2D eigenvalue weighted by Gasteiger charge is -2.42. The third kappa shape index (κ3) is 2.76. The van der Waals surface area contributed by atoms with E-state index in [-0.39, 0.29) is 11.3 Å². The Morgan fingerprint density at radius 2 is 1.69 bits per heavy atom. The van der Waals surface area contributed by atoms with Crippen LogP contribution in [0.15, 0.2) is 0 Å². The minimum atomic E-state index is -0.393. The van der Waals surface area contributed by atoms with Gasteiger partial charge in [0.25, 0.3) is 0 Å². The van der Waals surface area contributed by atoms with Crippen molar-refractivity contribution in [2.75, 3.05) is 0 Å². The van der Waals surface area contributed by atoms with Gasteiger partial charge in [-0.25, -0.2) is 0 Å². The summed E-state index contributed by atoms with van der Waals surface area (Å²) < 4.78 is 0. The smallest absolute Gasteiger partial charge is 0.240 e. The number of nitrogens with zero attached hydrogens (tertiary/aromatic N) is 1. The van der Waals surface area contributed by atoms with Crippen molar-refractivity contribution in [3.05, 3.63) is 0 Å². The standard InChI is InChI=1S/C13H26N2O/c1-9-7-6-8-10(2)15(9)12(16)11(14)13(3,4)5/h9-11H,6-8,14H2,1-5H3/t9-,10+,11?. The first kappa shape index (κ1) is 13.5. The number of amides is 1. The van der Waals surface area contributed by atoms with E-state index in [0.717, 1.165) is 12.8 Å². The zero-order valence-electron chi connectivity index (χ0n) is 11.3. The summed E-state index contributed by atoms with van der Waals surface area (Å²) >= 11 is 0. The Morgan fingerprint density at radius 3 is 2.06 bits per heavy atom. The Hall–Kier alpha value is -0.570. The molecule has 94 valence electrons. The molecule has 0 aromatic carbocycles. The van der Waals surface area contributed by atoms with Gasteiger partial charge in [0.15, 0.2) is 0 Å². The quantitative estimate of drug-likeness (QED) is 0.744. The van der Waals surface area contributed by atoms with E-state index in [9.17, 15) is 4.79 Å². The summed E-state index contributed by atoms with van der Waals surface area (Å²) in [5, 5.41) is 0. The summed E-state index contributed by atoms with van der Waals surface area (Å²) in [5.74, 6) is 0.118. The highest BCUT2D eigenvalue weighted by Crippen LogP contribution is 2.26. The average molecular weight is 226 g/mol. The van der Waals surface area contributed by atoms with Crippen molar-refractivity contribution in [2.45, 2.75) is 72.0 Å². The summed E-state index contributed by atoms with van der Waals surface area (Å²) in [6.45, 7) is 10.3. The van der Waals surface area contributed by atoms with Crippen LogP contribution in [0.25, 0.3) is 0 Å². The molecular weight excluding hydrogens is 200 g/mol. The Kier molecular flexibility index (Phi) is 4.00. The lowest BCUT2D eigenvalue weighted by Crippen LogP contribution is -2.56. The van der Waals surface area contributed by atoms with Crippen molar-refractivity contribution in [1.82, 2.24) is 4.90 Å². The highest BCUT2D eigenvalue weighted by atomic mass is 16.2. The van der Waals surface area contributed by atoms with Gasteiger partial charge in [0, 0.05) is 12.1 Å². The molecule has 2 N–H and O–H groups in total. The number of hydrogen-bond acceptors (Lipinski definition) is 2. The van der Waals surface area contributed by atoms with E-state index in [1.165, 1.54) is 6.42 Å². The number of likely N-dealkylation sites (tertiary alicyclic amines) is 1. The van der Waals surface area contributed by atoms with Gasteiger partial charge in [-0.05, 0) is 38.5 Å². The average Bonchev–Trinajstić information content (AvgIpc) is 2.14. The predicted octanol–water partition coefficient (Wildman–Crippen LogP) is 2.15. The Bertz CT molecular complexity index is 247. The van der Waals surface area contributed by atoms with Crippen LogP contribution in [0, 0.1) is 5.41 Å². The summed E-state index contributed by atoms with van der Waals surface area (Å²) in [7, 11) is 0. The molecule has 0 aromatic rings. The highest BCUT2D eigenvalue weighted by molar-refractivity contribution is 5.83. The zero-order valence-corrected chi connectivity index (χ0v) is 11.3. The van der Waals surface area contributed by atoms with Gasteiger partial charge < -0.3 is 10.6 Å². The van der Waals surface area contributed by atoms with Crippen LogP contribution >= 0.6 is 0 Å². The molecule has 3 heteroatoms. The minimum absolute atomic E-state index is 0.118. The molecule has 1 aliphatic heterocycles. The molecule has 1 saturated heterocycles. The van der Waals surface area contributed by atoms with Crippen molar-refractivity contribution in [3.63, 3.8) is 0 Å². The van der Waals surface area contributed by atoms with Crippen molar-refractivity contribution in [1.29, 1.82) is 0 Å². The first-order valence-electron chi connectivity index (χ1n) is 6.33. The van der Waals surface area contributed by atoms with Crippen molar-refractivity contribution in [3.8, 4) is 0 Å². The van der Waals surface area contributed by atoms with Crippen molar-refractivity contribution in [2.24, 2.45) is 11.1 Å². The van der Waals surface area contributed by atoms with Crippen molar-refractivity contribution >= 4 is 5.91 Å². The third-order valence-corrected chi connectivity index (χ3v) is 3.65. The van der Waals surface area contributed by atoms with Gasteiger partial charge in [-0.1, -0.05) is 20.8 Å². The molecule has 1 heterocycles. The molecule has 1 aliphatic rings. The van der Waals surface area contributed by atoms with E-state index >= 15 is 0 Å². The Labute approximate surface area is 99.4 Å². The lowest BCUT2D eigenvalue weighted by molar-refractivity contribution is -0.141. The summed E-state index contributed by atoms with van der Waals surface area (Å²) in [6.07, 6.45) is 3.43. The molecule has 0 radical (unpaired) electrons. The maximum absolute atomic E-state index is 12.4. The molecular formula is C13H26N2O.